The van der Waals surface area contributed by atoms with Crippen LogP contribution in [0, 0.1) is 0 Å². The molecule has 2 aliphatic heterocycles. The maximum atomic E-state index is 11.4. The van der Waals surface area contributed by atoms with Crippen molar-refractivity contribution in [1.29, 1.82) is 0 Å². The zero-order valence-corrected chi connectivity index (χ0v) is 11.9. The topological polar surface area (TPSA) is 50.7 Å². The van der Waals surface area contributed by atoms with Crippen molar-refractivity contribution in [3.05, 3.63) is 23.8 Å². The number of nitrogens with zero attached hydrogens (tertiary/aromatic N) is 1. The van der Waals surface area contributed by atoms with Gasteiger partial charge in [-0.1, -0.05) is 12.8 Å². The third kappa shape index (κ3) is 2.10. The predicted molar refractivity (Wildman–Crippen MR) is 80.7 cm³/mol. The molecule has 1 fully saturated rings. The number of nitrogens with one attached hydrogen (secondary N) is 1. The van der Waals surface area contributed by atoms with Crippen LogP contribution in [-0.2, 0) is 4.79 Å². The van der Waals surface area contributed by atoms with Gasteiger partial charge in [0.1, 0.15) is 5.75 Å². The van der Waals surface area contributed by atoms with E-state index in [1.807, 2.05) is 30.0 Å². The molecule has 1 N–H and O–H groups in total. The molecule has 1 saturated carbocycles. The van der Waals surface area contributed by atoms with Crippen molar-refractivity contribution in [3.63, 3.8) is 0 Å². The van der Waals surface area contributed by atoms with Gasteiger partial charge in [0, 0.05) is 10.8 Å². The van der Waals surface area contributed by atoms with E-state index in [-0.39, 0.29) is 12.5 Å². The molecule has 104 valence electrons. The fraction of sp³-hybridized carbons (Fsp3) is 0.467. The Labute approximate surface area is 122 Å². The van der Waals surface area contributed by atoms with E-state index in [0.29, 0.717) is 11.3 Å². The van der Waals surface area contributed by atoms with E-state index in [4.69, 9.17) is 9.73 Å². The quantitative estimate of drug-likeness (QED) is 0.864. The molecule has 0 radical (unpaired) electrons. The molecule has 2 unspecified atom stereocenters. The van der Waals surface area contributed by atoms with Crippen LogP contribution in [0.25, 0.3) is 0 Å². The number of anilines is 1. The first-order chi connectivity index (χ1) is 9.79. The molecular weight excluding hydrogens is 272 g/mol. The molecule has 1 amide bonds. The highest BCUT2D eigenvalue weighted by atomic mass is 32.2. The minimum absolute atomic E-state index is 0.0932. The summed E-state index contributed by atoms with van der Waals surface area (Å²) in [5, 5.41) is 4.63. The van der Waals surface area contributed by atoms with Gasteiger partial charge in [0.05, 0.1) is 16.8 Å². The number of rotatable bonds is 1. The first kappa shape index (κ1) is 12.3. The summed E-state index contributed by atoms with van der Waals surface area (Å²) in [7, 11) is 0. The summed E-state index contributed by atoms with van der Waals surface area (Å²) in [6, 6.07) is 6.44. The van der Waals surface area contributed by atoms with Crippen LogP contribution in [0.2, 0.25) is 0 Å². The number of benzene rings is 1. The first-order valence-electron chi connectivity index (χ1n) is 7.11. The molecule has 2 heterocycles. The Morgan fingerprint density at radius 1 is 1.30 bits per heavy atom. The van der Waals surface area contributed by atoms with Crippen molar-refractivity contribution in [2.45, 2.75) is 37.0 Å². The molecule has 1 aromatic carbocycles. The highest BCUT2D eigenvalue weighted by Crippen LogP contribution is 2.40. The van der Waals surface area contributed by atoms with Crippen molar-refractivity contribution in [2.24, 2.45) is 4.99 Å². The number of hydrogen-bond donors (Lipinski definition) is 1. The van der Waals surface area contributed by atoms with Gasteiger partial charge in [0.25, 0.3) is 5.91 Å². The molecule has 0 bridgehead atoms. The van der Waals surface area contributed by atoms with Crippen molar-refractivity contribution >= 4 is 28.4 Å². The number of carbonyl (C=O) groups excluding carboxylic acids is 1. The molecule has 5 heteroatoms. The van der Waals surface area contributed by atoms with Gasteiger partial charge in [0.15, 0.2) is 6.61 Å². The third-order valence-corrected chi connectivity index (χ3v) is 5.49. The highest BCUT2D eigenvalue weighted by molar-refractivity contribution is 8.15. The Kier molecular flexibility index (Phi) is 2.95. The molecule has 0 saturated heterocycles. The number of carbonyl (C=O) groups is 1. The zero-order valence-electron chi connectivity index (χ0n) is 11.1. The van der Waals surface area contributed by atoms with E-state index < -0.39 is 0 Å². The molecule has 3 aliphatic rings. The van der Waals surface area contributed by atoms with Gasteiger partial charge in [0.2, 0.25) is 0 Å². The van der Waals surface area contributed by atoms with E-state index in [1.54, 1.807) is 0 Å². The van der Waals surface area contributed by atoms with Crippen LogP contribution in [0.3, 0.4) is 0 Å². The van der Waals surface area contributed by atoms with Crippen LogP contribution in [0.4, 0.5) is 5.69 Å². The maximum Gasteiger partial charge on any atom is 0.262 e. The average Bonchev–Trinajstić information content (AvgIpc) is 2.90. The Hall–Kier alpha value is -1.49. The van der Waals surface area contributed by atoms with Gasteiger partial charge in [-0.05, 0) is 31.0 Å². The van der Waals surface area contributed by atoms with Gasteiger partial charge in [-0.15, -0.1) is 11.8 Å². The zero-order chi connectivity index (χ0) is 13.5. The Balaban J connectivity index is 1.63. The summed E-state index contributed by atoms with van der Waals surface area (Å²) >= 11 is 1.90. The van der Waals surface area contributed by atoms with Gasteiger partial charge < -0.3 is 10.1 Å². The minimum atomic E-state index is -0.0932. The largest absolute Gasteiger partial charge is 0.482 e. The maximum absolute atomic E-state index is 11.4. The summed E-state index contributed by atoms with van der Waals surface area (Å²) in [5.74, 6) is 0.652. The number of aliphatic imine (C=N–C) groups is 1. The molecule has 2 atom stereocenters. The molecule has 20 heavy (non-hydrogen) atoms. The minimum Gasteiger partial charge on any atom is -0.482 e. The lowest BCUT2D eigenvalue weighted by atomic mass is 9.95. The van der Waals surface area contributed by atoms with E-state index in [1.165, 1.54) is 25.7 Å². The fourth-order valence-electron chi connectivity index (χ4n) is 3.05. The summed E-state index contributed by atoms with van der Waals surface area (Å²) in [5.41, 5.74) is 1.85. The summed E-state index contributed by atoms with van der Waals surface area (Å²) < 4.78 is 5.39. The number of fused-ring (bicyclic) bond motifs is 2. The second-order valence-electron chi connectivity index (χ2n) is 5.49. The number of amides is 1. The van der Waals surface area contributed by atoms with Crippen molar-refractivity contribution in [3.8, 4) is 5.75 Å². The van der Waals surface area contributed by atoms with E-state index >= 15 is 0 Å². The van der Waals surface area contributed by atoms with E-state index in [0.717, 1.165) is 22.0 Å². The molecule has 0 spiro atoms. The smallest absolute Gasteiger partial charge is 0.262 e. The lowest BCUT2D eigenvalue weighted by Crippen LogP contribution is -2.25. The predicted octanol–water partition coefficient (Wildman–Crippen LogP) is 2.82. The van der Waals surface area contributed by atoms with Crippen LogP contribution in [0.5, 0.6) is 5.75 Å². The highest BCUT2D eigenvalue weighted by Gasteiger charge is 2.32. The van der Waals surface area contributed by atoms with Crippen molar-refractivity contribution in [1.82, 2.24) is 0 Å². The van der Waals surface area contributed by atoms with E-state index in [2.05, 4.69) is 5.32 Å². The standard InChI is InChI=1S/C15H16N2O2S/c18-14-8-19-12-6-5-9(7-11(12)16-14)15-17-10-3-1-2-4-13(10)20-15/h5-7,10,13H,1-4,8H2,(H,16,18). The average molecular weight is 288 g/mol. The molecular formula is C15H16N2O2S. The molecule has 1 aromatic rings. The van der Waals surface area contributed by atoms with Crippen LogP contribution in [0.15, 0.2) is 23.2 Å². The Morgan fingerprint density at radius 3 is 3.10 bits per heavy atom. The summed E-state index contributed by atoms with van der Waals surface area (Å²) in [6.07, 6.45) is 5.11. The second kappa shape index (κ2) is 4.81. The summed E-state index contributed by atoms with van der Waals surface area (Å²) in [4.78, 5) is 16.3. The first-order valence-corrected chi connectivity index (χ1v) is 7.99. The Bertz CT molecular complexity index is 600. The van der Waals surface area contributed by atoms with Crippen molar-refractivity contribution in [2.75, 3.05) is 11.9 Å². The lowest BCUT2D eigenvalue weighted by Gasteiger charge is -2.21. The Morgan fingerprint density at radius 2 is 2.20 bits per heavy atom. The van der Waals surface area contributed by atoms with Gasteiger partial charge >= 0.3 is 0 Å². The van der Waals surface area contributed by atoms with E-state index in [9.17, 15) is 4.79 Å². The van der Waals surface area contributed by atoms with Crippen molar-refractivity contribution < 1.29 is 9.53 Å². The van der Waals surface area contributed by atoms with Crippen LogP contribution < -0.4 is 10.1 Å². The molecule has 0 aromatic heterocycles. The fourth-order valence-corrected chi connectivity index (χ4v) is 4.43. The number of ether oxygens (including phenoxy) is 1. The molecule has 1 aliphatic carbocycles. The second-order valence-corrected chi connectivity index (χ2v) is 6.72. The van der Waals surface area contributed by atoms with Crippen LogP contribution in [-0.4, -0.2) is 28.8 Å². The molecule has 4 rings (SSSR count). The normalized spacial score (nSPS) is 28.0. The lowest BCUT2D eigenvalue weighted by molar-refractivity contribution is -0.118. The van der Waals surface area contributed by atoms with Crippen LogP contribution in [0.1, 0.15) is 31.2 Å². The molecule has 4 nitrogen and oxygen atoms in total. The van der Waals surface area contributed by atoms with Crippen LogP contribution >= 0.6 is 11.8 Å². The van der Waals surface area contributed by atoms with Gasteiger partial charge in [-0.2, -0.15) is 0 Å². The third-order valence-electron chi connectivity index (χ3n) is 4.07. The van der Waals surface area contributed by atoms with Gasteiger partial charge in [-0.25, -0.2) is 0 Å². The number of thioether (sulfide) groups is 1. The summed E-state index contributed by atoms with van der Waals surface area (Å²) in [6.45, 7) is 0.103. The monoisotopic (exact) mass is 288 g/mol. The SMILES string of the molecule is O=C1COc2ccc(C3=NC4CCCCC4S3)cc2N1. The van der Waals surface area contributed by atoms with Gasteiger partial charge in [-0.3, -0.25) is 9.79 Å². The number of hydrogen-bond acceptors (Lipinski definition) is 4.